The van der Waals surface area contributed by atoms with Crippen molar-refractivity contribution in [2.75, 3.05) is 0 Å². The topological polar surface area (TPSA) is 26.3 Å². The Hall–Kier alpha value is -0.290. The molecular weight excluding hydrogens is 314 g/mol. The molecule has 1 aromatic rings. The molecule has 0 saturated heterocycles. The van der Waals surface area contributed by atoms with Gasteiger partial charge in [-0.3, -0.25) is 0 Å². The summed E-state index contributed by atoms with van der Waals surface area (Å²) in [5.41, 5.74) is 0.520. The fourth-order valence-corrected chi connectivity index (χ4v) is 1.69. The summed E-state index contributed by atoms with van der Waals surface area (Å²) in [7, 11) is 0. The number of halogens is 2. The van der Waals surface area contributed by atoms with Crippen LogP contribution in [0.25, 0.3) is 0 Å². The minimum absolute atomic E-state index is 0.114. The Morgan fingerprint density at radius 2 is 2.14 bits per heavy atom. The van der Waals surface area contributed by atoms with Gasteiger partial charge in [-0.1, -0.05) is 17.7 Å². The van der Waals surface area contributed by atoms with Crippen LogP contribution in [0.4, 0.5) is 0 Å². The molecule has 1 aromatic carbocycles. The van der Waals surface area contributed by atoms with Gasteiger partial charge in [0.1, 0.15) is 0 Å². The molecular formula is C10H10ClIO2. The predicted octanol–water partition coefficient (Wildman–Crippen LogP) is 3.51. The number of benzene rings is 1. The monoisotopic (exact) mass is 324 g/mol. The maximum atomic E-state index is 11.5. The number of ether oxygens (including phenoxy) is 1. The van der Waals surface area contributed by atoms with Crippen LogP contribution < -0.4 is 0 Å². The molecule has 0 heterocycles. The zero-order chi connectivity index (χ0) is 10.7. The second-order valence-corrected chi connectivity index (χ2v) is 4.54. The third-order valence-electron chi connectivity index (χ3n) is 1.51. The quantitative estimate of drug-likeness (QED) is 0.615. The van der Waals surface area contributed by atoms with Crippen molar-refractivity contribution < 1.29 is 9.53 Å². The highest BCUT2D eigenvalue weighted by Crippen LogP contribution is 2.22. The second-order valence-electron chi connectivity index (χ2n) is 3.06. The summed E-state index contributed by atoms with van der Waals surface area (Å²) >= 11 is 7.91. The molecule has 0 aromatic heterocycles. The highest BCUT2D eigenvalue weighted by molar-refractivity contribution is 14.1. The van der Waals surface area contributed by atoms with Gasteiger partial charge in [0, 0.05) is 3.57 Å². The third-order valence-corrected chi connectivity index (χ3v) is 3.31. The summed E-state index contributed by atoms with van der Waals surface area (Å²) in [5.74, 6) is -0.327. The van der Waals surface area contributed by atoms with Crippen LogP contribution in [0.2, 0.25) is 5.02 Å². The van der Waals surface area contributed by atoms with Gasteiger partial charge in [-0.25, -0.2) is 4.79 Å². The molecule has 0 aliphatic rings. The minimum atomic E-state index is -0.327. The van der Waals surface area contributed by atoms with E-state index in [4.69, 9.17) is 16.3 Å². The van der Waals surface area contributed by atoms with Gasteiger partial charge < -0.3 is 4.74 Å². The molecule has 0 unspecified atom stereocenters. The normalized spacial score (nSPS) is 10.4. The first-order valence-corrected chi connectivity index (χ1v) is 5.63. The van der Waals surface area contributed by atoms with Crippen molar-refractivity contribution in [3.8, 4) is 0 Å². The number of hydrogen-bond donors (Lipinski definition) is 0. The van der Waals surface area contributed by atoms with E-state index >= 15 is 0 Å². The Labute approximate surface area is 102 Å². The maximum absolute atomic E-state index is 11.5. The smallest absolute Gasteiger partial charge is 0.339 e. The average Bonchev–Trinajstić information content (AvgIpc) is 2.08. The molecule has 0 bridgehead atoms. The molecule has 0 amide bonds. The Morgan fingerprint density at radius 3 is 2.71 bits per heavy atom. The number of hydrogen-bond acceptors (Lipinski definition) is 2. The summed E-state index contributed by atoms with van der Waals surface area (Å²) in [6.07, 6.45) is -0.114. The van der Waals surface area contributed by atoms with E-state index in [1.807, 2.05) is 36.4 Å². The second kappa shape index (κ2) is 4.98. The molecule has 0 N–H and O–H groups in total. The standard InChI is InChI=1S/C10H10ClIO2/c1-6(2)14-10(13)7-4-3-5-8(11)9(7)12/h3-6H,1-2H3. The summed E-state index contributed by atoms with van der Waals surface area (Å²) in [4.78, 5) is 11.5. The van der Waals surface area contributed by atoms with Crippen molar-refractivity contribution in [3.63, 3.8) is 0 Å². The Bertz CT molecular complexity index is 350. The molecule has 4 heteroatoms. The van der Waals surface area contributed by atoms with Gasteiger partial charge in [-0.2, -0.15) is 0 Å². The predicted molar refractivity (Wildman–Crippen MR) is 64.7 cm³/mol. The van der Waals surface area contributed by atoms with E-state index < -0.39 is 0 Å². The molecule has 14 heavy (non-hydrogen) atoms. The summed E-state index contributed by atoms with van der Waals surface area (Å²) < 4.78 is 5.80. The summed E-state index contributed by atoms with van der Waals surface area (Å²) in [6.45, 7) is 3.63. The van der Waals surface area contributed by atoms with E-state index in [0.29, 0.717) is 10.6 Å². The number of esters is 1. The van der Waals surface area contributed by atoms with E-state index in [-0.39, 0.29) is 12.1 Å². The molecule has 0 aliphatic heterocycles. The molecule has 0 fully saturated rings. The summed E-state index contributed by atoms with van der Waals surface area (Å²) in [6, 6.07) is 5.19. The van der Waals surface area contributed by atoms with Crippen LogP contribution in [0.15, 0.2) is 18.2 Å². The molecule has 0 saturated carbocycles. The van der Waals surface area contributed by atoms with E-state index in [0.717, 1.165) is 3.57 Å². The molecule has 0 aliphatic carbocycles. The van der Waals surface area contributed by atoms with Crippen LogP contribution in [-0.2, 0) is 4.74 Å². The fourth-order valence-electron chi connectivity index (χ4n) is 0.939. The highest BCUT2D eigenvalue weighted by Gasteiger charge is 2.14. The lowest BCUT2D eigenvalue weighted by atomic mass is 10.2. The van der Waals surface area contributed by atoms with Gasteiger partial charge in [0.2, 0.25) is 0 Å². The van der Waals surface area contributed by atoms with Gasteiger partial charge in [-0.05, 0) is 48.6 Å². The first-order chi connectivity index (χ1) is 6.52. The molecule has 0 spiro atoms. The van der Waals surface area contributed by atoms with Crippen LogP contribution in [0.5, 0.6) is 0 Å². The van der Waals surface area contributed by atoms with Gasteiger partial charge in [-0.15, -0.1) is 0 Å². The zero-order valence-corrected chi connectivity index (χ0v) is 10.8. The first-order valence-electron chi connectivity index (χ1n) is 4.17. The van der Waals surface area contributed by atoms with E-state index in [1.165, 1.54) is 0 Å². The van der Waals surface area contributed by atoms with Crippen molar-refractivity contribution in [2.45, 2.75) is 20.0 Å². The maximum Gasteiger partial charge on any atom is 0.339 e. The van der Waals surface area contributed by atoms with Crippen molar-refractivity contribution in [1.82, 2.24) is 0 Å². The number of carbonyl (C=O) groups excluding carboxylic acids is 1. The number of rotatable bonds is 2. The SMILES string of the molecule is CC(C)OC(=O)c1cccc(Cl)c1I. The first kappa shape index (κ1) is 11.8. The fraction of sp³-hybridized carbons (Fsp3) is 0.300. The van der Waals surface area contributed by atoms with E-state index in [1.54, 1.807) is 18.2 Å². The number of carbonyl (C=O) groups is 1. The summed E-state index contributed by atoms with van der Waals surface area (Å²) in [5, 5.41) is 0.573. The largest absolute Gasteiger partial charge is 0.459 e. The van der Waals surface area contributed by atoms with Crippen molar-refractivity contribution >= 4 is 40.2 Å². The highest BCUT2D eigenvalue weighted by atomic mass is 127. The van der Waals surface area contributed by atoms with Crippen LogP contribution in [0, 0.1) is 3.57 Å². The van der Waals surface area contributed by atoms with Crippen LogP contribution >= 0.6 is 34.2 Å². The van der Waals surface area contributed by atoms with Crippen molar-refractivity contribution in [2.24, 2.45) is 0 Å². The Kier molecular flexibility index (Phi) is 4.19. The zero-order valence-electron chi connectivity index (χ0n) is 7.88. The van der Waals surface area contributed by atoms with Crippen molar-refractivity contribution in [3.05, 3.63) is 32.4 Å². The molecule has 2 nitrogen and oxygen atoms in total. The molecule has 0 radical (unpaired) electrons. The molecule has 1 rings (SSSR count). The Morgan fingerprint density at radius 1 is 1.50 bits per heavy atom. The van der Waals surface area contributed by atoms with Gasteiger partial charge in [0.15, 0.2) is 0 Å². The van der Waals surface area contributed by atoms with Gasteiger partial charge in [0.25, 0.3) is 0 Å². The van der Waals surface area contributed by atoms with Crippen molar-refractivity contribution in [1.29, 1.82) is 0 Å². The molecule has 0 atom stereocenters. The van der Waals surface area contributed by atoms with Gasteiger partial charge in [0.05, 0.1) is 16.7 Å². The third kappa shape index (κ3) is 2.85. The lowest BCUT2D eigenvalue weighted by Crippen LogP contribution is -2.12. The van der Waals surface area contributed by atoms with Crippen LogP contribution in [0.1, 0.15) is 24.2 Å². The van der Waals surface area contributed by atoms with Gasteiger partial charge >= 0.3 is 5.97 Å². The molecule has 76 valence electrons. The minimum Gasteiger partial charge on any atom is -0.459 e. The lowest BCUT2D eigenvalue weighted by molar-refractivity contribution is 0.0376. The average molecular weight is 325 g/mol. The van der Waals surface area contributed by atoms with E-state index in [9.17, 15) is 4.79 Å². The lowest BCUT2D eigenvalue weighted by Gasteiger charge is -2.09. The Balaban J connectivity index is 2.96. The van der Waals surface area contributed by atoms with E-state index in [2.05, 4.69) is 0 Å². The van der Waals surface area contributed by atoms with Crippen LogP contribution in [0.3, 0.4) is 0 Å². The van der Waals surface area contributed by atoms with Crippen LogP contribution in [-0.4, -0.2) is 12.1 Å².